The van der Waals surface area contributed by atoms with Crippen LogP contribution in [0.25, 0.3) is 0 Å². The highest BCUT2D eigenvalue weighted by molar-refractivity contribution is 5.96. The number of fused-ring (bicyclic) bond motifs is 2. The highest BCUT2D eigenvalue weighted by Gasteiger charge is 2.62. The van der Waals surface area contributed by atoms with Crippen molar-refractivity contribution < 1.29 is 33.6 Å². The third-order valence-corrected chi connectivity index (χ3v) is 8.31. The van der Waals surface area contributed by atoms with Crippen LogP contribution in [0.1, 0.15) is 33.5 Å². The van der Waals surface area contributed by atoms with E-state index in [-0.39, 0.29) is 25.4 Å². The lowest BCUT2D eigenvalue weighted by molar-refractivity contribution is -0.181. The molecular weight excluding hydrogens is 532 g/mol. The minimum atomic E-state index is -1.13. The summed E-state index contributed by atoms with van der Waals surface area (Å²) in [6.45, 7) is 0.179. The number of aliphatic hydroxyl groups excluding tert-OH is 1. The number of methoxy groups -OCH3 is 2. The third-order valence-electron chi connectivity index (χ3n) is 8.31. The molecule has 4 atom stereocenters. The van der Waals surface area contributed by atoms with E-state index < -0.39 is 29.5 Å². The first-order valence-corrected chi connectivity index (χ1v) is 14.0. The molecule has 2 heterocycles. The maximum Gasteiger partial charge on any atom is 0.165 e. The fourth-order valence-electron chi connectivity index (χ4n) is 6.04. The predicted molar refractivity (Wildman–Crippen MR) is 157 cm³/mol. The molecule has 0 amide bonds. The standard InChI is InChI=1S/C35H34O7/c1-38-28-17-13-26(14-18-28)35(25-11-7-4-8-12-25,27-15-19-29(39-2)20-16-27)41-23-34-22-40-32(33(34)37)31(42-34)21-30(36)24-9-5-3-6-10-24/h3-20,31-33,37H,21-23H2,1-2H3. The van der Waals surface area contributed by atoms with Crippen LogP contribution in [0, 0.1) is 0 Å². The quantitative estimate of drug-likeness (QED) is 0.198. The third kappa shape index (κ3) is 4.99. The zero-order valence-electron chi connectivity index (χ0n) is 23.6. The number of ether oxygens (including phenoxy) is 5. The van der Waals surface area contributed by atoms with Gasteiger partial charge >= 0.3 is 0 Å². The van der Waals surface area contributed by atoms with Gasteiger partial charge in [-0.05, 0) is 41.0 Å². The smallest absolute Gasteiger partial charge is 0.165 e. The first-order valence-electron chi connectivity index (χ1n) is 14.0. The number of aliphatic hydroxyl groups is 1. The van der Waals surface area contributed by atoms with Crippen LogP contribution in [0.15, 0.2) is 109 Å². The monoisotopic (exact) mass is 566 g/mol. The fraction of sp³-hybridized carbons (Fsp3) is 0.286. The number of hydrogen-bond acceptors (Lipinski definition) is 7. The number of Topliss-reactive ketones (excluding diaryl/α,β-unsaturated/α-hetero) is 1. The summed E-state index contributed by atoms with van der Waals surface area (Å²) in [4.78, 5) is 13.0. The average molecular weight is 567 g/mol. The van der Waals surface area contributed by atoms with E-state index in [4.69, 9.17) is 23.7 Å². The van der Waals surface area contributed by atoms with Gasteiger partial charge in [0.15, 0.2) is 5.78 Å². The Morgan fingerprint density at radius 2 is 1.33 bits per heavy atom. The van der Waals surface area contributed by atoms with Crippen LogP contribution >= 0.6 is 0 Å². The Kier molecular flexibility index (Phi) is 7.84. The van der Waals surface area contributed by atoms with Gasteiger partial charge in [-0.3, -0.25) is 4.79 Å². The summed E-state index contributed by atoms with van der Waals surface area (Å²) in [5.74, 6) is 1.39. The summed E-state index contributed by atoms with van der Waals surface area (Å²) >= 11 is 0. The van der Waals surface area contributed by atoms with Crippen LogP contribution in [-0.2, 0) is 19.8 Å². The van der Waals surface area contributed by atoms with Crippen molar-refractivity contribution in [3.63, 3.8) is 0 Å². The van der Waals surface area contributed by atoms with E-state index in [0.717, 1.165) is 28.2 Å². The van der Waals surface area contributed by atoms with Crippen molar-refractivity contribution in [2.75, 3.05) is 27.4 Å². The number of carbonyl (C=O) groups is 1. The highest BCUT2D eigenvalue weighted by Crippen LogP contribution is 2.46. The van der Waals surface area contributed by atoms with Gasteiger partial charge in [-0.15, -0.1) is 0 Å². The second-order valence-electron chi connectivity index (χ2n) is 10.7. The van der Waals surface area contributed by atoms with Gasteiger partial charge in [-0.25, -0.2) is 0 Å². The van der Waals surface area contributed by atoms with Crippen molar-refractivity contribution in [3.05, 3.63) is 131 Å². The van der Waals surface area contributed by atoms with Crippen molar-refractivity contribution in [2.45, 2.75) is 35.9 Å². The molecule has 6 rings (SSSR count). The number of carbonyl (C=O) groups excluding carboxylic acids is 1. The van der Waals surface area contributed by atoms with Gasteiger partial charge < -0.3 is 28.8 Å². The van der Waals surface area contributed by atoms with E-state index in [1.165, 1.54) is 0 Å². The van der Waals surface area contributed by atoms with Crippen LogP contribution in [-0.4, -0.2) is 62.2 Å². The number of rotatable bonds is 11. The lowest BCUT2D eigenvalue weighted by Crippen LogP contribution is -2.48. The molecule has 2 aliphatic heterocycles. The van der Waals surface area contributed by atoms with Gasteiger partial charge in [-0.1, -0.05) is 84.9 Å². The molecule has 7 heteroatoms. The van der Waals surface area contributed by atoms with Gasteiger partial charge in [0, 0.05) is 12.0 Å². The van der Waals surface area contributed by atoms with E-state index in [1.807, 2.05) is 97.1 Å². The zero-order valence-corrected chi connectivity index (χ0v) is 23.6. The maximum absolute atomic E-state index is 13.0. The first-order chi connectivity index (χ1) is 20.5. The highest BCUT2D eigenvalue weighted by atomic mass is 16.7. The van der Waals surface area contributed by atoms with Crippen LogP contribution in [0.5, 0.6) is 11.5 Å². The Labute approximate surface area is 245 Å². The molecule has 4 unspecified atom stereocenters. The summed E-state index contributed by atoms with van der Waals surface area (Å²) in [6, 6.07) is 34.6. The Morgan fingerprint density at radius 1 is 0.810 bits per heavy atom. The lowest BCUT2D eigenvalue weighted by Gasteiger charge is -2.39. The number of benzene rings is 4. The zero-order chi connectivity index (χ0) is 29.2. The van der Waals surface area contributed by atoms with E-state index >= 15 is 0 Å². The first kappa shape index (κ1) is 28.1. The van der Waals surface area contributed by atoms with E-state index in [2.05, 4.69) is 0 Å². The Hall–Kier alpha value is -4.01. The molecule has 42 heavy (non-hydrogen) atoms. The molecule has 2 fully saturated rings. The van der Waals surface area contributed by atoms with Crippen molar-refractivity contribution in [3.8, 4) is 11.5 Å². The molecule has 4 aromatic rings. The minimum Gasteiger partial charge on any atom is -0.497 e. The van der Waals surface area contributed by atoms with Crippen molar-refractivity contribution in [1.82, 2.24) is 0 Å². The van der Waals surface area contributed by atoms with Crippen LogP contribution in [0.2, 0.25) is 0 Å². The maximum atomic E-state index is 13.0. The molecule has 0 aliphatic carbocycles. The summed E-state index contributed by atoms with van der Waals surface area (Å²) < 4.78 is 30.4. The lowest BCUT2D eigenvalue weighted by atomic mass is 9.79. The van der Waals surface area contributed by atoms with Crippen molar-refractivity contribution in [2.24, 2.45) is 0 Å². The molecule has 0 radical (unpaired) electrons. The SMILES string of the molecule is COc1ccc(C(OCC23COC(C(CC(=O)c4ccccc4)O2)C3O)(c2ccccc2)c2ccc(OC)cc2)cc1. The van der Waals surface area contributed by atoms with Crippen LogP contribution in [0.3, 0.4) is 0 Å². The second kappa shape index (κ2) is 11.7. The molecule has 2 bridgehead atoms. The van der Waals surface area contributed by atoms with Gasteiger partial charge in [0.05, 0.1) is 33.5 Å². The molecule has 216 valence electrons. The Morgan fingerprint density at radius 3 is 1.88 bits per heavy atom. The minimum absolute atomic E-state index is 0.0215. The molecule has 0 aromatic heterocycles. The van der Waals surface area contributed by atoms with E-state index in [9.17, 15) is 9.90 Å². The largest absolute Gasteiger partial charge is 0.497 e. The average Bonchev–Trinajstić information content (AvgIpc) is 3.50. The van der Waals surface area contributed by atoms with E-state index in [1.54, 1.807) is 26.4 Å². The molecule has 0 saturated carbocycles. The Balaban J connectivity index is 1.36. The van der Waals surface area contributed by atoms with Gasteiger partial charge in [0.1, 0.15) is 34.9 Å². The predicted octanol–water partition coefficient (Wildman–Crippen LogP) is 5.18. The molecule has 4 aromatic carbocycles. The fourth-order valence-corrected chi connectivity index (χ4v) is 6.04. The molecule has 7 nitrogen and oxygen atoms in total. The number of ketones is 1. The van der Waals surface area contributed by atoms with Crippen molar-refractivity contribution in [1.29, 1.82) is 0 Å². The topological polar surface area (TPSA) is 83.5 Å². The molecule has 0 spiro atoms. The summed E-state index contributed by atoms with van der Waals surface area (Å²) in [6.07, 6.45) is -2.05. The molecule has 2 saturated heterocycles. The Bertz CT molecular complexity index is 1440. The summed E-state index contributed by atoms with van der Waals surface area (Å²) in [7, 11) is 3.26. The van der Waals surface area contributed by atoms with E-state index in [0.29, 0.717) is 5.56 Å². The normalized spacial score (nSPS) is 23.1. The van der Waals surface area contributed by atoms with Gasteiger partial charge in [0.2, 0.25) is 0 Å². The van der Waals surface area contributed by atoms with Crippen molar-refractivity contribution >= 4 is 5.78 Å². The molecule has 2 aliphatic rings. The van der Waals surface area contributed by atoms with Gasteiger partial charge in [-0.2, -0.15) is 0 Å². The van der Waals surface area contributed by atoms with Crippen LogP contribution < -0.4 is 9.47 Å². The summed E-state index contributed by atoms with van der Waals surface area (Å²) in [5, 5.41) is 11.4. The number of hydrogen-bond donors (Lipinski definition) is 1. The molecular formula is C35H34O7. The summed E-state index contributed by atoms with van der Waals surface area (Å²) in [5.41, 5.74) is 1.03. The van der Waals surface area contributed by atoms with Crippen LogP contribution in [0.4, 0.5) is 0 Å². The molecule has 1 N–H and O–H groups in total. The second-order valence-corrected chi connectivity index (χ2v) is 10.7. The van der Waals surface area contributed by atoms with Gasteiger partial charge in [0.25, 0.3) is 0 Å².